The van der Waals surface area contributed by atoms with Crippen LogP contribution in [-0.2, 0) is 6.54 Å². The Balaban J connectivity index is 2.11. The van der Waals surface area contributed by atoms with E-state index in [4.69, 9.17) is 4.42 Å². The summed E-state index contributed by atoms with van der Waals surface area (Å²) in [5.41, 5.74) is 0.0544. The summed E-state index contributed by atoms with van der Waals surface area (Å²) >= 11 is 1.92. The van der Waals surface area contributed by atoms with Gasteiger partial charge in [0.05, 0.1) is 6.54 Å². The van der Waals surface area contributed by atoms with Crippen LogP contribution < -0.4 is 10.6 Å². The molecule has 5 nitrogen and oxygen atoms in total. The highest BCUT2D eigenvalue weighted by atomic mass is 32.2. The minimum Gasteiger partial charge on any atom is -0.407 e. The Hall–Kier alpha value is -0.750. The van der Waals surface area contributed by atoms with E-state index in [9.17, 15) is 0 Å². The van der Waals surface area contributed by atoms with Crippen molar-refractivity contribution in [3.05, 3.63) is 5.89 Å². The molecule has 0 amide bonds. The standard InChI is InChI=1S/C14H28N4OS/c1-14(2,3)16-11-12-17-18-13(19-12)15-9-7-5-6-8-10-20-4/h16H,5-11H2,1-4H3,(H,15,18). The van der Waals surface area contributed by atoms with E-state index in [1.54, 1.807) is 0 Å². The molecule has 1 heterocycles. The van der Waals surface area contributed by atoms with Gasteiger partial charge in [-0.25, -0.2) is 0 Å². The summed E-state index contributed by atoms with van der Waals surface area (Å²) < 4.78 is 5.52. The molecule has 116 valence electrons. The van der Waals surface area contributed by atoms with Gasteiger partial charge in [0, 0.05) is 12.1 Å². The third kappa shape index (κ3) is 8.43. The predicted molar refractivity (Wildman–Crippen MR) is 86.2 cm³/mol. The summed E-state index contributed by atoms with van der Waals surface area (Å²) in [6.45, 7) is 7.83. The number of hydrogen-bond acceptors (Lipinski definition) is 6. The summed E-state index contributed by atoms with van der Waals surface area (Å²) in [5.74, 6) is 1.89. The molecule has 0 aromatic carbocycles. The van der Waals surface area contributed by atoms with Crippen LogP contribution in [0.5, 0.6) is 0 Å². The Bertz CT molecular complexity index is 362. The maximum absolute atomic E-state index is 5.52. The third-order valence-electron chi connectivity index (χ3n) is 2.79. The van der Waals surface area contributed by atoms with Crippen molar-refractivity contribution in [2.24, 2.45) is 0 Å². The van der Waals surface area contributed by atoms with Crippen LogP contribution in [0.3, 0.4) is 0 Å². The van der Waals surface area contributed by atoms with Gasteiger partial charge in [-0.3, -0.25) is 0 Å². The monoisotopic (exact) mass is 300 g/mol. The molecule has 0 aliphatic rings. The molecule has 0 fully saturated rings. The highest BCUT2D eigenvalue weighted by Crippen LogP contribution is 2.09. The van der Waals surface area contributed by atoms with E-state index in [2.05, 4.69) is 47.9 Å². The maximum atomic E-state index is 5.52. The lowest BCUT2D eigenvalue weighted by Gasteiger charge is -2.18. The fraction of sp³-hybridized carbons (Fsp3) is 0.857. The largest absolute Gasteiger partial charge is 0.407 e. The fourth-order valence-corrected chi connectivity index (χ4v) is 2.15. The van der Waals surface area contributed by atoms with E-state index < -0.39 is 0 Å². The third-order valence-corrected chi connectivity index (χ3v) is 3.49. The van der Waals surface area contributed by atoms with E-state index >= 15 is 0 Å². The zero-order valence-electron chi connectivity index (χ0n) is 13.2. The smallest absolute Gasteiger partial charge is 0.315 e. The summed E-state index contributed by atoms with van der Waals surface area (Å²) in [6, 6.07) is 0.528. The van der Waals surface area contributed by atoms with Gasteiger partial charge in [0.1, 0.15) is 0 Å². The first-order valence-electron chi connectivity index (χ1n) is 7.31. The number of rotatable bonds is 10. The van der Waals surface area contributed by atoms with Gasteiger partial charge in [-0.05, 0) is 45.6 Å². The van der Waals surface area contributed by atoms with Crippen molar-refractivity contribution < 1.29 is 4.42 Å². The zero-order chi connectivity index (χ0) is 14.8. The Kier molecular flexibility index (Phi) is 7.99. The van der Waals surface area contributed by atoms with Crippen molar-refractivity contribution >= 4 is 17.8 Å². The van der Waals surface area contributed by atoms with E-state index in [0.717, 1.165) is 13.0 Å². The molecule has 0 saturated heterocycles. The fourth-order valence-electron chi connectivity index (χ4n) is 1.66. The number of hydrogen-bond donors (Lipinski definition) is 2. The lowest BCUT2D eigenvalue weighted by molar-refractivity contribution is 0.383. The molecule has 0 aliphatic carbocycles. The normalized spacial score (nSPS) is 11.8. The number of nitrogens with zero attached hydrogens (tertiary/aromatic N) is 2. The molecule has 6 heteroatoms. The van der Waals surface area contributed by atoms with Crippen molar-refractivity contribution in [2.75, 3.05) is 23.9 Å². The van der Waals surface area contributed by atoms with Crippen LogP contribution in [0.1, 0.15) is 52.3 Å². The first-order chi connectivity index (χ1) is 9.51. The molecule has 0 atom stereocenters. The Labute approximate surface area is 126 Å². The Morgan fingerprint density at radius 3 is 2.55 bits per heavy atom. The molecule has 0 bridgehead atoms. The first kappa shape index (κ1) is 17.3. The summed E-state index contributed by atoms with van der Waals surface area (Å²) in [7, 11) is 0. The van der Waals surface area contributed by atoms with E-state index in [0.29, 0.717) is 18.5 Å². The number of nitrogens with one attached hydrogen (secondary N) is 2. The van der Waals surface area contributed by atoms with E-state index in [1.165, 1.54) is 25.0 Å². The second-order valence-corrected chi connectivity index (χ2v) is 6.92. The van der Waals surface area contributed by atoms with Crippen LogP contribution in [0.4, 0.5) is 6.01 Å². The van der Waals surface area contributed by atoms with Crippen LogP contribution in [0.25, 0.3) is 0 Å². The molecular formula is C14H28N4OS. The van der Waals surface area contributed by atoms with Crippen LogP contribution in [0.15, 0.2) is 4.42 Å². The SMILES string of the molecule is CSCCCCCCNc1nnc(CNC(C)(C)C)o1. The van der Waals surface area contributed by atoms with Gasteiger partial charge in [0.2, 0.25) is 5.89 Å². The lowest BCUT2D eigenvalue weighted by Crippen LogP contribution is -2.35. The molecule has 0 saturated carbocycles. The van der Waals surface area contributed by atoms with Gasteiger partial charge in [-0.1, -0.05) is 17.9 Å². The highest BCUT2D eigenvalue weighted by molar-refractivity contribution is 7.98. The number of thioether (sulfide) groups is 1. The molecular weight excluding hydrogens is 272 g/mol. The average molecular weight is 300 g/mol. The molecule has 2 N–H and O–H groups in total. The van der Waals surface area contributed by atoms with Gasteiger partial charge in [0.15, 0.2) is 0 Å². The van der Waals surface area contributed by atoms with Crippen molar-refractivity contribution in [1.29, 1.82) is 0 Å². The van der Waals surface area contributed by atoms with Gasteiger partial charge in [-0.2, -0.15) is 11.8 Å². The average Bonchev–Trinajstić information content (AvgIpc) is 2.82. The zero-order valence-corrected chi connectivity index (χ0v) is 14.0. The molecule has 0 unspecified atom stereocenters. The second-order valence-electron chi connectivity index (χ2n) is 5.94. The number of anilines is 1. The Morgan fingerprint density at radius 1 is 1.10 bits per heavy atom. The number of aromatic nitrogens is 2. The summed E-state index contributed by atoms with van der Waals surface area (Å²) in [4.78, 5) is 0. The summed E-state index contributed by atoms with van der Waals surface area (Å²) in [6.07, 6.45) is 7.16. The predicted octanol–water partition coefficient (Wildman–Crippen LogP) is 3.29. The molecule has 0 aliphatic heterocycles. The molecule has 1 aromatic heterocycles. The first-order valence-corrected chi connectivity index (χ1v) is 8.71. The van der Waals surface area contributed by atoms with Crippen molar-refractivity contribution in [2.45, 2.75) is 58.5 Å². The van der Waals surface area contributed by atoms with Crippen molar-refractivity contribution in [3.63, 3.8) is 0 Å². The molecule has 1 rings (SSSR count). The van der Waals surface area contributed by atoms with E-state index in [-0.39, 0.29) is 5.54 Å². The van der Waals surface area contributed by atoms with Gasteiger partial charge >= 0.3 is 6.01 Å². The molecule has 1 aromatic rings. The lowest BCUT2D eigenvalue weighted by atomic mass is 10.1. The minimum absolute atomic E-state index is 0.0544. The molecule has 0 spiro atoms. The van der Waals surface area contributed by atoms with Crippen molar-refractivity contribution in [1.82, 2.24) is 15.5 Å². The quantitative estimate of drug-likeness (QED) is 0.647. The summed E-state index contributed by atoms with van der Waals surface area (Å²) in [5, 5.41) is 14.5. The van der Waals surface area contributed by atoms with Crippen LogP contribution in [0.2, 0.25) is 0 Å². The molecule has 0 radical (unpaired) electrons. The maximum Gasteiger partial charge on any atom is 0.315 e. The second kappa shape index (κ2) is 9.23. The highest BCUT2D eigenvalue weighted by Gasteiger charge is 2.11. The molecule has 20 heavy (non-hydrogen) atoms. The van der Waals surface area contributed by atoms with Crippen LogP contribution >= 0.6 is 11.8 Å². The van der Waals surface area contributed by atoms with Gasteiger partial charge < -0.3 is 15.1 Å². The number of unbranched alkanes of at least 4 members (excludes halogenated alkanes) is 3. The topological polar surface area (TPSA) is 63.0 Å². The van der Waals surface area contributed by atoms with Gasteiger partial charge in [0.25, 0.3) is 0 Å². The van der Waals surface area contributed by atoms with Gasteiger partial charge in [-0.15, -0.1) is 5.10 Å². The van der Waals surface area contributed by atoms with Crippen LogP contribution in [0, 0.1) is 0 Å². The Morgan fingerprint density at radius 2 is 1.85 bits per heavy atom. The minimum atomic E-state index is 0.0544. The van der Waals surface area contributed by atoms with Crippen LogP contribution in [-0.4, -0.2) is 34.3 Å². The van der Waals surface area contributed by atoms with E-state index in [1.807, 2.05) is 11.8 Å². The van der Waals surface area contributed by atoms with Crippen molar-refractivity contribution in [3.8, 4) is 0 Å².